The number of allylic oxidation sites excluding steroid dienone is 10. The van der Waals surface area contributed by atoms with Gasteiger partial charge in [0.2, 0.25) is 0 Å². The molecule has 0 spiro atoms. The second kappa shape index (κ2) is 50.8. The lowest BCUT2D eigenvalue weighted by molar-refractivity contribution is -0.167. The monoisotopic (exact) mass is 867 g/mol. The normalized spacial score (nSPS) is 12.5. The van der Waals surface area contributed by atoms with E-state index in [1.165, 1.54) is 122 Å². The molecule has 1 atom stereocenters. The number of unbranched alkanes of at least 4 members (excludes halogenated alkanes) is 26. The van der Waals surface area contributed by atoms with Gasteiger partial charge in [0.05, 0.1) is 0 Å². The van der Waals surface area contributed by atoms with E-state index in [4.69, 9.17) is 14.2 Å². The van der Waals surface area contributed by atoms with Crippen LogP contribution >= 0.6 is 0 Å². The molecule has 0 aromatic carbocycles. The minimum Gasteiger partial charge on any atom is -0.462 e. The molecule has 0 heterocycles. The Kier molecular flexibility index (Phi) is 48.4. The van der Waals surface area contributed by atoms with Gasteiger partial charge in [-0.3, -0.25) is 14.4 Å². The van der Waals surface area contributed by atoms with E-state index >= 15 is 0 Å². The zero-order chi connectivity index (χ0) is 45.1. The molecule has 0 radical (unpaired) electrons. The fourth-order valence-corrected chi connectivity index (χ4v) is 7.26. The molecule has 62 heavy (non-hydrogen) atoms. The highest BCUT2D eigenvalue weighted by atomic mass is 16.6. The van der Waals surface area contributed by atoms with Gasteiger partial charge >= 0.3 is 17.9 Å². The third kappa shape index (κ3) is 48.1. The van der Waals surface area contributed by atoms with Crippen molar-refractivity contribution in [3.8, 4) is 0 Å². The Hall–Kier alpha value is -2.89. The summed E-state index contributed by atoms with van der Waals surface area (Å²) in [6, 6.07) is 0. The lowest BCUT2D eigenvalue weighted by Crippen LogP contribution is -2.30. The number of hydrogen-bond donors (Lipinski definition) is 0. The van der Waals surface area contributed by atoms with E-state index in [1.807, 2.05) is 0 Å². The van der Waals surface area contributed by atoms with Crippen molar-refractivity contribution >= 4 is 17.9 Å². The van der Waals surface area contributed by atoms with Crippen LogP contribution in [-0.2, 0) is 28.6 Å². The topological polar surface area (TPSA) is 78.9 Å². The first-order valence-corrected chi connectivity index (χ1v) is 26.3. The smallest absolute Gasteiger partial charge is 0.306 e. The number of carbonyl (C=O) groups is 3. The SMILES string of the molecule is CC/C=C\C/C=C\C/C=C\CCCCCCCCCCCC(=O)OCC(COC(=O)CCCCCCC/C=C\CCCC)OC(=O)CCCCC/C=C\CCCCCCCCC. The van der Waals surface area contributed by atoms with E-state index in [0.29, 0.717) is 19.3 Å². The molecular formula is C56H98O6. The van der Waals surface area contributed by atoms with Crippen molar-refractivity contribution in [2.45, 2.75) is 264 Å². The van der Waals surface area contributed by atoms with Crippen LogP contribution in [0.2, 0.25) is 0 Å². The van der Waals surface area contributed by atoms with Crippen LogP contribution in [0.25, 0.3) is 0 Å². The first kappa shape index (κ1) is 59.1. The van der Waals surface area contributed by atoms with Gasteiger partial charge in [0.25, 0.3) is 0 Å². The van der Waals surface area contributed by atoms with E-state index < -0.39 is 6.10 Å². The van der Waals surface area contributed by atoms with E-state index in [2.05, 4.69) is 81.5 Å². The van der Waals surface area contributed by atoms with Crippen molar-refractivity contribution in [1.82, 2.24) is 0 Å². The van der Waals surface area contributed by atoms with Crippen molar-refractivity contribution < 1.29 is 28.6 Å². The Bertz CT molecular complexity index is 1130. The van der Waals surface area contributed by atoms with Crippen LogP contribution < -0.4 is 0 Å². The largest absolute Gasteiger partial charge is 0.462 e. The summed E-state index contributed by atoms with van der Waals surface area (Å²) < 4.78 is 16.8. The number of rotatable bonds is 47. The minimum atomic E-state index is -0.786. The van der Waals surface area contributed by atoms with Gasteiger partial charge in [0, 0.05) is 19.3 Å². The first-order chi connectivity index (χ1) is 30.5. The maximum Gasteiger partial charge on any atom is 0.306 e. The average Bonchev–Trinajstić information content (AvgIpc) is 3.27. The van der Waals surface area contributed by atoms with Gasteiger partial charge in [-0.15, -0.1) is 0 Å². The molecule has 1 unspecified atom stereocenters. The molecule has 0 aliphatic carbocycles. The maximum atomic E-state index is 12.8. The van der Waals surface area contributed by atoms with E-state index in [0.717, 1.165) is 96.3 Å². The number of hydrogen-bond acceptors (Lipinski definition) is 6. The molecule has 358 valence electrons. The summed E-state index contributed by atoms with van der Waals surface area (Å²) >= 11 is 0. The summed E-state index contributed by atoms with van der Waals surface area (Å²) in [7, 11) is 0. The zero-order valence-corrected chi connectivity index (χ0v) is 40.9. The highest BCUT2D eigenvalue weighted by molar-refractivity contribution is 5.71. The van der Waals surface area contributed by atoms with Crippen LogP contribution in [0.5, 0.6) is 0 Å². The number of ether oxygens (including phenoxy) is 3. The summed E-state index contributed by atoms with van der Waals surface area (Å²) in [5, 5.41) is 0. The quantitative estimate of drug-likeness (QED) is 0.0262. The predicted molar refractivity (Wildman–Crippen MR) is 265 cm³/mol. The van der Waals surface area contributed by atoms with Crippen molar-refractivity contribution in [1.29, 1.82) is 0 Å². The molecule has 0 bridgehead atoms. The molecule has 0 rings (SSSR count). The molecule has 0 N–H and O–H groups in total. The molecule has 0 amide bonds. The van der Waals surface area contributed by atoms with Gasteiger partial charge in [-0.2, -0.15) is 0 Å². The van der Waals surface area contributed by atoms with Crippen LogP contribution in [0.1, 0.15) is 258 Å². The summed E-state index contributed by atoms with van der Waals surface area (Å²) in [5.74, 6) is -0.912. The standard InChI is InChI=1S/C56H98O6/c1-4-7-10-13-16-19-22-24-26-27-28-29-30-32-34-37-40-43-46-49-55(58)61-52-53(51-60-54(57)48-45-42-39-36-33-21-18-15-12-9-6-3)62-56(59)50-47-44-41-38-35-31-25-23-20-17-14-11-8-5-2/h7,10,15-16,18-19,24,26,31,35,53H,4-6,8-9,11-14,17,20-23,25,27-30,32-34,36-52H2,1-3H3/b10-7-,18-15-,19-16-,26-24-,35-31-. The van der Waals surface area contributed by atoms with E-state index in [-0.39, 0.29) is 31.1 Å². The zero-order valence-electron chi connectivity index (χ0n) is 40.9. The molecule has 0 saturated carbocycles. The molecule has 0 aromatic rings. The van der Waals surface area contributed by atoms with Crippen LogP contribution in [0.3, 0.4) is 0 Å². The Morgan fingerprint density at radius 2 is 0.645 bits per heavy atom. The third-order valence-corrected chi connectivity index (χ3v) is 11.2. The summed E-state index contributed by atoms with van der Waals surface area (Å²) in [6.07, 6.45) is 62.1. The van der Waals surface area contributed by atoms with Crippen molar-refractivity contribution in [3.05, 3.63) is 60.8 Å². The fraction of sp³-hybridized carbons (Fsp3) is 0.768. The molecule has 6 heteroatoms. The summed E-state index contributed by atoms with van der Waals surface area (Å²) in [6.45, 7) is 6.47. The molecule has 0 aliphatic heterocycles. The molecule has 6 nitrogen and oxygen atoms in total. The van der Waals surface area contributed by atoms with Crippen LogP contribution in [0, 0.1) is 0 Å². The lowest BCUT2D eigenvalue weighted by atomic mass is 10.1. The molecule has 0 aromatic heterocycles. The molecule has 0 aliphatic rings. The average molecular weight is 867 g/mol. The van der Waals surface area contributed by atoms with Gasteiger partial charge < -0.3 is 14.2 Å². The number of carbonyl (C=O) groups excluding carboxylic acids is 3. The van der Waals surface area contributed by atoms with Gasteiger partial charge in [-0.25, -0.2) is 0 Å². The fourth-order valence-electron chi connectivity index (χ4n) is 7.26. The Morgan fingerprint density at radius 3 is 1.06 bits per heavy atom. The number of esters is 3. The second-order valence-corrected chi connectivity index (χ2v) is 17.4. The second-order valence-electron chi connectivity index (χ2n) is 17.4. The molecule has 0 saturated heterocycles. The van der Waals surface area contributed by atoms with Crippen molar-refractivity contribution in [3.63, 3.8) is 0 Å². The van der Waals surface area contributed by atoms with Crippen LogP contribution in [0.15, 0.2) is 60.8 Å². The molecule has 0 fully saturated rings. The maximum absolute atomic E-state index is 12.8. The van der Waals surface area contributed by atoms with E-state index in [1.54, 1.807) is 0 Å². The first-order valence-electron chi connectivity index (χ1n) is 26.3. The van der Waals surface area contributed by atoms with Crippen molar-refractivity contribution in [2.24, 2.45) is 0 Å². The Balaban J connectivity index is 4.35. The van der Waals surface area contributed by atoms with Crippen LogP contribution in [0.4, 0.5) is 0 Å². The van der Waals surface area contributed by atoms with Gasteiger partial charge in [0.1, 0.15) is 13.2 Å². The van der Waals surface area contributed by atoms with Gasteiger partial charge in [0.15, 0.2) is 6.10 Å². The lowest BCUT2D eigenvalue weighted by Gasteiger charge is -2.18. The van der Waals surface area contributed by atoms with Crippen molar-refractivity contribution in [2.75, 3.05) is 13.2 Å². The third-order valence-electron chi connectivity index (χ3n) is 11.2. The Labute approximate surface area is 383 Å². The van der Waals surface area contributed by atoms with E-state index in [9.17, 15) is 14.4 Å². The highest BCUT2D eigenvalue weighted by Gasteiger charge is 2.19. The molecular weight excluding hydrogens is 769 g/mol. The van der Waals surface area contributed by atoms with Gasteiger partial charge in [-0.1, -0.05) is 204 Å². The van der Waals surface area contributed by atoms with Crippen LogP contribution in [-0.4, -0.2) is 37.2 Å². The Morgan fingerprint density at radius 1 is 0.339 bits per heavy atom. The highest BCUT2D eigenvalue weighted by Crippen LogP contribution is 2.14. The summed E-state index contributed by atoms with van der Waals surface area (Å²) in [5.41, 5.74) is 0. The van der Waals surface area contributed by atoms with Gasteiger partial charge in [-0.05, 0) is 96.3 Å². The minimum absolute atomic E-state index is 0.0853. The summed E-state index contributed by atoms with van der Waals surface area (Å²) in [4.78, 5) is 37.9. The predicted octanol–water partition coefficient (Wildman–Crippen LogP) is 17.3.